The van der Waals surface area contributed by atoms with Gasteiger partial charge >= 0.3 is 5.97 Å². The van der Waals surface area contributed by atoms with E-state index in [4.69, 9.17) is 16.3 Å². The van der Waals surface area contributed by atoms with Gasteiger partial charge in [0.25, 0.3) is 5.91 Å². The van der Waals surface area contributed by atoms with Crippen molar-refractivity contribution in [3.8, 4) is 0 Å². The van der Waals surface area contributed by atoms with Gasteiger partial charge in [-0.25, -0.2) is 14.2 Å². The van der Waals surface area contributed by atoms with Crippen molar-refractivity contribution in [2.45, 2.75) is 0 Å². The van der Waals surface area contributed by atoms with E-state index in [-0.39, 0.29) is 16.4 Å². The third kappa shape index (κ3) is 4.54. The minimum absolute atomic E-state index is 0.147. The maximum absolute atomic E-state index is 12.9. The van der Waals surface area contributed by atoms with Crippen molar-refractivity contribution < 1.29 is 18.7 Å². The van der Waals surface area contributed by atoms with Crippen LogP contribution < -0.4 is 5.32 Å². The van der Waals surface area contributed by atoms with Gasteiger partial charge in [-0.1, -0.05) is 17.7 Å². The Balaban J connectivity index is 1.88. The van der Waals surface area contributed by atoms with Crippen molar-refractivity contribution in [3.05, 3.63) is 59.1 Å². The summed E-state index contributed by atoms with van der Waals surface area (Å²) in [6, 6.07) is 8.12. The molecular weight excluding hydrogens is 299 g/mol. The van der Waals surface area contributed by atoms with Crippen LogP contribution in [-0.4, -0.2) is 23.5 Å². The summed E-state index contributed by atoms with van der Waals surface area (Å²) in [5.74, 6) is -1.75. The monoisotopic (exact) mass is 308 g/mol. The van der Waals surface area contributed by atoms with Gasteiger partial charge in [0, 0.05) is 11.9 Å². The number of aromatic nitrogens is 1. The molecule has 0 aliphatic heterocycles. The van der Waals surface area contributed by atoms with Crippen molar-refractivity contribution in [3.63, 3.8) is 0 Å². The van der Waals surface area contributed by atoms with Gasteiger partial charge in [-0.05, 0) is 30.3 Å². The molecule has 1 heterocycles. The van der Waals surface area contributed by atoms with Crippen LogP contribution in [0.4, 0.5) is 10.1 Å². The van der Waals surface area contributed by atoms with Crippen LogP contribution in [0.1, 0.15) is 10.4 Å². The van der Waals surface area contributed by atoms with E-state index in [0.717, 1.165) is 6.07 Å². The van der Waals surface area contributed by atoms with E-state index in [1.807, 2.05) is 0 Å². The fraction of sp³-hybridized carbons (Fsp3) is 0.0714. The Hall–Kier alpha value is -2.47. The molecule has 0 saturated heterocycles. The van der Waals surface area contributed by atoms with Crippen LogP contribution >= 0.6 is 11.6 Å². The largest absolute Gasteiger partial charge is 0.452 e. The SMILES string of the molecule is O=C(COC(=O)c1ccnc(Cl)c1)Nc1cccc(F)c1. The van der Waals surface area contributed by atoms with Crippen LogP contribution in [0.15, 0.2) is 42.6 Å². The number of esters is 1. The molecule has 7 heteroatoms. The number of hydrogen-bond acceptors (Lipinski definition) is 4. The van der Waals surface area contributed by atoms with E-state index in [1.165, 1.54) is 36.5 Å². The van der Waals surface area contributed by atoms with Gasteiger partial charge in [-0.2, -0.15) is 0 Å². The molecule has 5 nitrogen and oxygen atoms in total. The smallest absolute Gasteiger partial charge is 0.338 e. The summed E-state index contributed by atoms with van der Waals surface area (Å²) in [5, 5.41) is 2.55. The van der Waals surface area contributed by atoms with Crippen molar-refractivity contribution in [1.82, 2.24) is 4.98 Å². The molecule has 1 aromatic carbocycles. The highest BCUT2D eigenvalue weighted by Gasteiger charge is 2.11. The predicted octanol–water partition coefficient (Wildman–Crippen LogP) is 2.67. The summed E-state index contributed by atoms with van der Waals surface area (Å²) in [6.07, 6.45) is 1.35. The molecule has 0 fully saturated rings. The molecule has 1 aromatic heterocycles. The van der Waals surface area contributed by atoms with Gasteiger partial charge in [0.15, 0.2) is 6.61 Å². The van der Waals surface area contributed by atoms with E-state index in [1.54, 1.807) is 0 Å². The Morgan fingerprint density at radius 3 is 2.81 bits per heavy atom. The maximum atomic E-state index is 12.9. The molecule has 0 aliphatic rings. The first-order chi connectivity index (χ1) is 10.0. The van der Waals surface area contributed by atoms with Crippen LogP contribution in [0, 0.1) is 5.82 Å². The zero-order valence-corrected chi connectivity index (χ0v) is 11.4. The molecule has 0 saturated carbocycles. The minimum Gasteiger partial charge on any atom is -0.452 e. The highest BCUT2D eigenvalue weighted by Crippen LogP contribution is 2.10. The molecular formula is C14H10ClFN2O3. The third-order valence-electron chi connectivity index (χ3n) is 2.41. The molecule has 2 rings (SSSR count). The number of nitrogens with one attached hydrogen (secondary N) is 1. The van der Waals surface area contributed by atoms with E-state index in [9.17, 15) is 14.0 Å². The molecule has 108 valence electrons. The highest BCUT2D eigenvalue weighted by atomic mass is 35.5. The second-order valence-corrected chi connectivity index (χ2v) is 4.39. The lowest BCUT2D eigenvalue weighted by molar-refractivity contribution is -0.119. The number of nitrogens with zero attached hydrogens (tertiary/aromatic N) is 1. The number of halogens is 2. The van der Waals surface area contributed by atoms with Gasteiger partial charge in [0.2, 0.25) is 0 Å². The zero-order valence-electron chi connectivity index (χ0n) is 10.7. The Kier molecular flexibility index (Phi) is 4.84. The average molecular weight is 309 g/mol. The molecule has 0 atom stereocenters. The molecule has 0 spiro atoms. The minimum atomic E-state index is -0.700. The molecule has 0 bridgehead atoms. The van der Waals surface area contributed by atoms with Gasteiger partial charge in [0.05, 0.1) is 5.56 Å². The summed E-state index contributed by atoms with van der Waals surface area (Å²) in [5.41, 5.74) is 0.469. The molecule has 0 aliphatic carbocycles. The fourth-order valence-corrected chi connectivity index (χ4v) is 1.68. The molecule has 0 unspecified atom stereocenters. The first-order valence-electron chi connectivity index (χ1n) is 5.89. The fourth-order valence-electron chi connectivity index (χ4n) is 1.51. The molecule has 1 N–H and O–H groups in total. The number of pyridine rings is 1. The van der Waals surface area contributed by atoms with Crippen LogP contribution in [0.2, 0.25) is 5.15 Å². The predicted molar refractivity (Wildman–Crippen MR) is 74.6 cm³/mol. The lowest BCUT2D eigenvalue weighted by atomic mass is 10.3. The highest BCUT2D eigenvalue weighted by molar-refractivity contribution is 6.29. The summed E-state index contributed by atoms with van der Waals surface area (Å²) in [4.78, 5) is 27.0. The molecule has 0 radical (unpaired) electrons. The number of benzene rings is 1. The van der Waals surface area contributed by atoms with Crippen molar-refractivity contribution in [2.24, 2.45) is 0 Å². The summed E-state index contributed by atoms with van der Waals surface area (Å²) in [7, 11) is 0. The zero-order chi connectivity index (χ0) is 15.2. The van der Waals surface area contributed by atoms with Crippen molar-refractivity contribution in [1.29, 1.82) is 0 Å². The van der Waals surface area contributed by atoms with E-state index >= 15 is 0 Å². The van der Waals surface area contributed by atoms with Crippen LogP contribution in [-0.2, 0) is 9.53 Å². The summed E-state index contributed by atoms with van der Waals surface area (Å²) >= 11 is 5.64. The standard InChI is InChI=1S/C14H10ClFN2O3/c15-12-6-9(4-5-17-12)14(20)21-8-13(19)18-11-3-1-2-10(16)7-11/h1-7H,8H2,(H,18,19). The quantitative estimate of drug-likeness (QED) is 0.696. The molecule has 2 aromatic rings. The number of amides is 1. The topological polar surface area (TPSA) is 68.3 Å². The first kappa shape index (κ1) is 14.9. The van der Waals surface area contributed by atoms with Crippen LogP contribution in [0.3, 0.4) is 0 Å². The Morgan fingerprint density at radius 1 is 1.29 bits per heavy atom. The Labute approximate surface area is 124 Å². The van der Waals surface area contributed by atoms with E-state index < -0.39 is 24.3 Å². The summed E-state index contributed by atoms with van der Waals surface area (Å²) in [6.45, 7) is -0.491. The van der Waals surface area contributed by atoms with E-state index in [0.29, 0.717) is 0 Å². The maximum Gasteiger partial charge on any atom is 0.338 e. The van der Waals surface area contributed by atoms with E-state index in [2.05, 4.69) is 10.3 Å². The average Bonchev–Trinajstić information content (AvgIpc) is 2.45. The molecule has 1 amide bonds. The van der Waals surface area contributed by atoms with Gasteiger partial charge in [0.1, 0.15) is 11.0 Å². The second-order valence-electron chi connectivity index (χ2n) is 4.00. The number of carbonyl (C=O) groups is 2. The van der Waals surface area contributed by atoms with Gasteiger partial charge < -0.3 is 10.1 Å². The number of rotatable bonds is 4. The Morgan fingerprint density at radius 2 is 2.10 bits per heavy atom. The Bertz CT molecular complexity index is 679. The van der Waals surface area contributed by atoms with Crippen LogP contribution in [0.5, 0.6) is 0 Å². The van der Waals surface area contributed by atoms with Gasteiger partial charge in [-0.3, -0.25) is 4.79 Å². The number of anilines is 1. The molecule has 21 heavy (non-hydrogen) atoms. The number of ether oxygens (including phenoxy) is 1. The van der Waals surface area contributed by atoms with Crippen molar-refractivity contribution >= 4 is 29.2 Å². The number of hydrogen-bond donors (Lipinski definition) is 1. The second kappa shape index (κ2) is 6.81. The lowest BCUT2D eigenvalue weighted by Gasteiger charge is -2.06. The normalized spacial score (nSPS) is 10.0. The van der Waals surface area contributed by atoms with Crippen LogP contribution in [0.25, 0.3) is 0 Å². The summed E-state index contributed by atoms with van der Waals surface area (Å²) < 4.78 is 17.8. The first-order valence-corrected chi connectivity index (χ1v) is 6.26. The third-order valence-corrected chi connectivity index (χ3v) is 2.61. The number of carbonyl (C=O) groups excluding carboxylic acids is 2. The van der Waals surface area contributed by atoms with Crippen molar-refractivity contribution in [2.75, 3.05) is 11.9 Å². The van der Waals surface area contributed by atoms with Gasteiger partial charge in [-0.15, -0.1) is 0 Å². The lowest BCUT2D eigenvalue weighted by Crippen LogP contribution is -2.21.